The van der Waals surface area contributed by atoms with Crippen LogP contribution >= 0.6 is 0 Å². The highest BCUT2D eigenvalue weighted by molar-refractivity contribution is 6.27. The van der Waals surface area contributed by atoms with Gasteiger partial charge < -0.3 is 20.8 Å². The first-order valence-electron chi connectivity index (χ1n) is 5.63. The molecule has 0 amide bonds. The number of hydrogen-bond acceptors (Lipinski definition) is 4. The van der Waals surface area contributed by atoms with Crippen LogP contribution in [0.2, 0.25) is 0 Å². The molecule has 0 aromatic heterocycles. The zero-order chi connectivity index (χ0) is 14.4. The van der Waals surface area contributed by atoms with E-state index < -0.39 is 11.9 Å². The maximum Gasteiger partial charge on any atom is 0.414 e. The number of hydrogen-bond donors (Lipinski definition) is 3. The number of benzene rings is 1. The van der Waals surface area contributed by atoms with E-state index in [1.807, 2.05) is 0 Å². The minimum atomic E-state index is -1.82. The molecule has 0 saturated carbocycles. The zero-order valence-corrected chi connectivity index (χ0v) is 10.5. The second-order valence-corrected chi connectivity index (χ2v) is 3.98. The number of nitrogens with zero attached hydrogens (tertiary/aromatic N) is 1. The van der Waals surface area contributed by atoms with E-state index in [-0.39, 0.29) is 0 Å². The first kappa shape index (κ1) is 14.7. The lowest BCUT2D eigenvalue weighted by Crippen LogP contribution is -2.14. The van der Waals surface area contributed by atoms with E-state index in [2.05, 4.69) is 42.4 Å². The highest BCUT2D eigenvalue weighted by Gasteiger charge is 2.08. The van der Waals surface area contributed by atoms with Crippen LogP contribution in [0.25, 0.3) is 0 Å². The highest BCUT2D eigenvalue weighted by atomic mass is 16.4. The van der Waals surface area contributed by atoms with Gasteiger partial charge in [-0.2, -0.15) is 0 Å². The van der Waals surface area contributed by atoms with Crippen LogP contribution in [0.15, 0.2) is 30.5 Å². The fraction of sp³-hybridized carbons (Fsp3) is 0.231. The lowest BCUT2D eigenvalue weighted by molar-refractivity contribution is -0.159. The largest absolute Gasteiger partial charge is 0.473 e. The van der Waals surface area contributed by atoms with E-state index >= 15 is 0 Å². The number of carboxylic acid groups (broad SMARTS) is 2. The van der Waals surface area contributed by atoms with Gasteiger partial charge in [0.25, 0.3) is 0 Å². The Morgan fingerprint density at radius 1 is 1.32 bits per heavy atom. The molecule has 0 aliphatic carbocycles. The van der Waals surface area contributed by atoms with Crippen molar-refractivity contribution < 1.29 is 19.8 Å². The number of fused-ring (bicyclic) bond motifs is 1. The quantitative estimate of drug-likeness (QED) is 0.648. The van der Waals surface area contributed by atoms with Gasteiger partial charge in [0.05, 0.1) is 0 Å². The summed E-state index contributed by atoms with van der Waals surface area (Å²) in [5.41, 5.74) is 9.46. The van der Waals surface area contributed by atoms with Gasteiger partial charge in [0.15, 0.2) is 0 Å². The molecule has 19 heavy (non-hydrogen) atoms. The maximum atomic E-state index is 9.10. The first-order chi connectivity index (χ1) is 8.95. The van der Waals surface area contributed by atoms with Crippen LogP contribution in [-0.2, 0) is 22.6 Å². The van der Waals surface area contributed by atoms with E-state index in [0.717, 1.165) is 6.42 Å². The number of aliphatic carboxylic acids is 2. The van der Waals surface area contributed by atoms with Crippen LogP contribution in [0.5, 0.6) is 0 Å². The van der Waals surface area contributed by atoms with Crippen LogP contribution in [0.1, 0.15) is 11.1 Å². The second-order valence-electron chi connectivity index (χ2n) is 3.98. The van der Waals surface area contributed by atoms with Crippen molar-refractivity contribution in [1.82, 2.24) is 0 Å². The normalized spacial score (nSPS) is 12.2. The zero-order valence-electron chi connectivity index (χ0n) is 10.5. The predicted octanol–water partition coefficient (Wildman–Crippen LogP) is 0.807. The van der Waals surface area contributed by atoms with E-state index in [1.165, 1.54) is 16.8 Å². The monoisotopic (exact) mass is 264 g/mol. The molecule has 0 unspecified atom stereocenters. The average molecular weight is 264 g/mol. The van der Waals surface area contributed by atoms with E-state index in [4.69, 9.17) is 25.5 Å². The maximum absolute atomic E-state index is 9.10. The Hall–Kier alpha value is -2.34. The van der Waals surface area contributed by atoms with Crippen LogP contribution in [-0.4, -0.2) is 29.2 Å². The van der Waals surface area contributed by atoms with Crippen LogP contribution in [0, 0.1) is 0 Å². The minimum absolute atomic E-state index is 0.626. The number of anilines is 1. The molecule has 1 heterocycles. The van der Waals surface area contributed by atoms with Gasteiger partial charge in [-0.3, -0.25) is 0 Å². The van der Waals surface area contributed by atoms with Crippen LogP contribution in [0.4, 0.5) is 5.69 Å². The summed E-state index contributed by atoms with van der Waals surface area (Å²) in [5, 5.41) is 14.8. The number of allylic oxidation sites excluding steroid dienone is 1. The fourth-order valence-corrected chi connectivity index (χ4v) is 1.69. The first-order valence-corrected chi connectivity index (χ1v) is 5.63. The van der Waals surface area contributed by atoms with Crippen molar-refractivity contribution >= 4 is 17.6 Å². The molecule has 6 nitrogen and oxygen atoms in total. The molecule has 0 bridgehead atoms. The molecule has 0 atom stereocenters. The standard InChI is InChI=1S/C11H14N2.C2H2O4/c1-13-6-2-3-10-7-9(8-12)4-5-11(10)13;3-1(4)2(5)6/h2,4-7H,3,8,12H2,1H3;(H,3,4)(H,5,6). The molecule has 1 aromatic rings. The summed E-state index contributed by atoms with van der Waals surface area (Å²) in [5.74, 6) is -3.65. The summed E-state index contributed by atoms with van der Waals surface area (Å²) in [4.78, 5) is 20.3. The Morgan fingerprint density at radius 2 is 1.95 bits per heavy atom. The average Bonchev–Trinajstić information content (AvgIpc) is 2.39. The molecule has 2 rings (SSSR count). The lowest BCUT2D eigenvalue weighted by Gasteiger charge is -2.22. The molecule has 0 spiro atoms. The van der Waals surface area contributed by atoms with Gasteiger partial charge in [-0.25, -0.2) is 9.59 Å². The fourth-order valence-electron chi connectivity index (χ4n) is 1.69. The van der Waals surface area contributed by atoms with E-state index in [0.29, 0.717) is 6.54 Å². The van der Waals surface area contributed by atoms with Crippen molar-refractivity contribution in [3.63, 3.8) is 0 Å². The van der Waals surface area contributed by atoms with Crippen molar-refractivity contribution in [2.75, 3.05) is 11.9 Å². The number of rotatable bonds is 1. The smallest absolute Gasteiger partial charge is 0.414 e. The third-order valence-corrected chi connectivity index (χ3v) is 2.61. The van der Waals surface area contributed by atoms with Gasteiger partial charge in [-0.15, -0.1) is 0 Å². The van der Waals surface area contributed by atoms with Gasteiger partial charge in [-0.05, 0) is 23.6 Å². The second kappa shape index (κ2) is 6.55. The van der Waals surface area contributed by atoms with Crippen molar-refractivity contribution in [3.8, 4) is 0 Å². The molecular weight excluding hydrogens is 248 g/mol. The summed E-state index contributed by atoms with van der Waals surface area (Å²) in [7, 11) is 2.07. The van der Waals surface area contributed by atoms with Crippen molar-refractivity contribution in [1.29, 1.82) is 0 Å². The SMILES string of the molecule is CN1C=CCc2cc(CN)ccc21.O=C(O)C(=O)O. The van der Waals surface area contributed by atoms with E-state index in [1.54, 1.807) is 0 Å². The minimum Gasteiger partial charge on any atom is -0.473 e. The predicted molar refractivity (Wildman–Crippen MR) is 70.9 cm³/mol. The summed E-state index contributed by atoms with van der Waals surface area (Å²) in [6.45, 7) is 0.626. The topological polar surface area (TPSA) is 104 Å². The molecule has 4 N–H and O–H groups in total. The molecule has 1 aliphatic heterocycles. The molecule has 6 heteroatoms. The van der Waals surface area contributed by atoms with Gasteiger partial charge in [0.2, 0.25) is 0 Å². The Morgan fingerprint density at radius 3 is 2.47 bits per heavy atom. The van der Waals surface area contributed by atoms with Crippen molar-refractivity contribution in [2.24, 2.45) is 5.73 Å². The molecule has 0 radical (unpaired) electrons. The highest BCUT2D eigenvalue weighted by Crippen LogP contribution is 2.25. The van der Waals surface area contributed by atoms with E-state index in [9.17, 15) is 0 Å². The van der Waals surface area contributed by atoms with Crippen molar-refractivity contribution in [3.05, 3.63) is 41.6 Å². The summed E-state index contributed by atoms with van der Waals surface area (Å²) < 4.78 is 0. The number of carboxylic acids is 2. The van der Waals surface area contributed by atoms with Gasteiger partial charge in [0.1, 0.15) is 0 Å². The Bertz CT molecular complexity index is 499. The lowest BCUT2D eigenvalue weighted by atomic mass is 10.0. The third-order valence-electron chi connectivity index (χ3n) is 2.61. The third kappa shape index (κ3) is 4.11. The Balaban J connectivity index is 0.000000258. The van der Waals surface area contributed by atoms with Gasteiger partial charge in [0, 0.05) is 25.5 Å². The van der Waals surface area contributed by atoms with Gasteiger partial charge >= 0.3 is 11.9 Å². The molecular formula is C13H16N2O4. The molecule has 1 aromatic carbocycles. The van der Waals surface area contributed by atoms with Crippen LogP contribution in [0.3, 0.4) is 0 Å². The number of carbonyl (C=O) groups is 2. The Kier molecular flexibility index (Phi) is 5.08. The molecule has 102 valence electrons. The molecule has 0 fully saturated rings. The summed E-state index contributed by atoms with van der Waals surface area (Å²) in [6.07, 6.45) is 5.29. The molecule has 1 aliphatic rings. The summed E-state index contributed by atoms with van der Waals surface area (Å²) >= 11 is 0. The summed E-state index contributed by atoms with van der Waals surface area (Å²) in [6, 6.07) is 6.42. The molecule has 0 saturated heterocycles. The Labute approximate surface area is 110 Å². The van der Waals surface area contributed by atoms with Crippen LogP contribution < -0.4 is 10.6 Å². The number of nitrogens with two attached hydrogens (primary N) is 1. The van der Waals surface area contributed by atoms with Gasteiger partial charge in [-0.1, -0.05) is 18.2 Å². The van der Waals surface area contributed by atoms with Crippen molar-refractivity contribution in [2.45, 2.75) is 13.0 Å².